The lowest BCUT2D eigenvalue weighted by molar-refractivity contribution is -0.137. The number of aromatic hydroxyl groups is 1. The highest BCUT2D eigenvalue weighted by molar-refractivity contribution is 6.35. The fourth-order valence-corrected chi connectivity index (χ4v) is 2.73. The lowest BCUT2D eigenvalue weighted by Crippen LogP contribution is -2.06. The van der Waals surface area contributed by atoms with Crippen LogP contribution < -0.4 is 10.1 Å². The van der Waals surface area contributed by atoms with E-state index in [1.807, 2.05) is 0 Å². The second-order valence-corrected chi connectivity index (χ2v) is 5.73. The second-order valence-electron chi connectivity index (χ2n) is 5.32. The van der Waals surface area contributed by atoms with Crippen LogP contribution in [0.25, 0.3) is 11.6 Å². The molecule has 25 heavy (non-hydrogen) atoms. The summed E-state index contributed by atoms with van der Waals surface area (Å²) >= 11 is 5.91. The number of anilines is 1. The van der Waals surface area contributed by atoms with Crippen molar-refractivity contribution in [3.63, 3.8) is 0 Å². The SMILES string of the molecule is COc1cc(/C=C2\C(=O)Nc3cc(C(F)(F)F)ccc32)cc(Cl)c1O. The zero-order chi connectivity index (χ0) is 18.4. The summed E-state index contributed by atoms with van der Waals surface area (Å²) in [5.41, 5.74) is 0.233. The Bertz CT molecular complexity index is 907. The molecule has 0 radical (unpaired) electrons. The number of phenolic OH excluding ortho intramolecular Hbond substituents is 1. The third-order valence-corrected chi connectivity index (χ3v) is 4.00. The van der Waals surface area contributed by atoms with Gasteiger partial charge in [-0.3, -0.25) is 4.79 Å². The van der Waals surface area contributed by atoms with E-state index in [0.29, 0.717) is 11.1 Å². The summed E-state index contributed by atoms with van der Waals surface area (Å²) in [5.74, 6) is -0.653. The van der Waals surface area contributed by atoms with Crippen LogP contribution in [0.5, 0.6) is 11.5 Å². The maximum atomic E-state index is 12.8. The first-order valence-electron chi connectivity index (χ1n) is 7.02. The molecule has 1 heterocycles. The Balaban J connectivity index is 2.07. The molecule has 1 amide bonds. The number of halogens is 4. The van der Waals surface area contributed by atoms with Gasteiger partial charge < -0.3 is 15.2 Å². The average molecular weight is 370 g/mol. The van der Waals surface area contributed by atoms with Gasteiger partial charge in [0.25, 0.3) is 5.91 Å². The van der Waals surface area contributed by atoms with Gasteiger partial charge >= 0.3 is 6.18 Å². The van der Waals surface area contributed by atoms with Crippen molar-refractivity contribution in [3.05, 3.63) is 52.0 Å². The smallest absolute Gasteiger partial charge is 0.416 e. The standard InChI is InChI=1S/C17H11ClF3NO3/c1-25-14-6-8(5-12(18)15(14)23)4-11-10-3-2-9(17(19,20)21)7-13(10)22-16(11)24/h2-7,23H,1H3,(H,22,24)/b11-4-. The van der Waals surface area contributed by atoms with Crippen molar-refractivity contribution in [1.82, 2.24) is 0 Å². The van der Waals surface area contributed by atoms with E-state index in [2.05, 4.69) is 5.32 Å². The quantitative estimate of drug-likeness (QED) is 0.763. The molecule has 2 aromatic carbocycles. The number of methoxy groups -OCH3 is 1. The minimum atomic E-state index is -4.50. The molecule has 8 heteroatoms. The lowest BCUT2D eigenvalue weighted by atomic mass is 10.0. The van der Waals surface area contributed by atoms with E-state index in [4.69, 9.17) is 16.3 Å². The number of ether oxygens (including phenoxy) is 1. The lowest BCUT2D eigenvalue weighted by Gasteiger charge is -2.08. The maximum absolute atomic E-state index is 12.8. The topological polar surface area (TPSA) is 58.6 Å². The Kier molecular flexibility index (Phi) is 4.12. The molecule has 0 spiro atoms. The van der Waals surface area contributed by atoms with Crippen molar-refractivity contribution in [3.8, 4) is 11.5 Å². The number of hydrogen-bond donors (Lipinski definition) is 2. The molecule has 0 aliphatic carbocycles. The third kappa shape index (κ3) is 3.15. The summed E-state index contributed by atoms with van der Waals surface area (Å²) < 4.78 is 43.3. The number of carbonyl (C=O) groups is 1. The zero-order valence-corrected chi connectivity index (χ0v) is 13.5. The fourth-order valence-electron chi connectivity index (χ4n) is 2.51. The van der Waals surface area contributed by atoms with E-state index in [-0.39, 0.29) is 27.8 Å². The molecule has 0 saturated carbocycles. The first kappa shape index (κ1) is 17.2. The molecule has 3 rings (SSSR count). The van der Waals surface area contributed by atoms with Gasteiger partial charge in [0, 0.05) is 16.8 Å². The molecule has 130 valence electrons. The number of amides is 1. The number of hydrogen-bond acceptors (Lipinski definition) is 3. The van der Waals surface area contributed by atoms with Crippen molar-refractivity contribution < 1.29 is 27.8 Å². The molecule has 2 N–H and O–H groups in total. The molecule has 2 aromatic rings. The molecule has 0 fully saturated rings. The summed E-state index contributed by atoms with van der Waals surface area (Å²) in [5, 5.41) is 12.2. The molecule has 0 unspecified atom stereocenters. The van der Waals surface area contributed by atoms with Crippen LogP contribution in [0.15, 0.2) is 30.3 Å². The van der Waals surface area contributed by atoms with Crippen molar-refractivity contribution >= 4 is 34.8 Å². The predicted octanol–water partition coefficient (Wildman–Crippen LogP) is 4.57. The van der Waals surface area contributed by atoms with E-state index in [1.54, 1.807) is 0 Å². The average Bonchev–Trinajstić information content (AvgIpc) is 2.85. The highest BCUT2D eigenvalue weighted by atomic mass is 35.5. The summed E-state index contributed by atoms with van der Waals surface area (Å²) in [6.07, 6.45) is -3.04. The Morgan fingerprint density at radius 1 is 1.24 bits per heavy atom. The highest BCUT2D eigenvalue weighted by Gasteiger charge is 2.33. The van der Waals surface area contributed by atoms with E-state index >= 15 is 0 Å². The van der Waals surface area contributed by atoms with Crippen LogP contribution in [-0.4, -0.2) is 18.1 Å². The molecule has 0 bridgehead atoms. The Hall–Kier alpha value is -2.67. The largest absolute Gasteiger partial charge is 0.503 e. The number of alkyl halides is 3. The van der Waals surface area contributed by atoms with Gasteiger partial charge in [0.1, 0.15) is 0 Å². The van der Waals surface area contributed by atoms with E-state index < -0.39 is 17.6 Å². The molecule has 1 aliphatic heterocycles. The van der Waals surface area contributed by atoms with Gasteiger partial charge in [0.15, 0.2) is 11.5 Å². The van der Waals surface area contributed by atoms with Gasteiger partial charge in [-0.1, -0.05) is 17.7 Å². The molecule has 0 saturated heterocycles. The number of rotatable bonds is 2. The molecule has 4 nitrogen and oxygen atoms in total. The highest BCUT2D eigenvalue weighted by Crippen LogP contribution is 2.40. The number of phenols is 1. The Morgan fingerprint density at radius 3 is 2.60 bits per heavy atom. The van der Waals surface area contributed by atoms with Crippen LogP contribution in [0.4, 0.5) is 18.9 Å². The van der Waals surface area contributed by atoms with E-state index in [1.165, 1.54) is 31.4 Å². The van der Waals surface area contributed by atoms with Gasteiger partial charge in [-0.25, -0.2) is 0 Å². The number of nitrogens with one attached hydrogen (secondary N) is 1. The number of carbonyl (C=O) groups excluding carboxylic acids is 1. The van der Waals surface area contributed by atoms with Crippen LogP contribution >= 0.6 is 11.6 Å². The van der Waals surface area contributed by atoms with Crippen molar-refractivity contribution in [2.45, 2.75) is 6.18 Å². The molecule has 0 atom stereocenters. The van der Waals surface area contributed by atoms with Gasteiger partial charge in [0.05, 0.1) is 17.7 Å². The minimum Gasteiger partial charge on any atom is -0.503 e. The van der Waals surface area contributed by atoms with Crippen molar-refractivity contribution in [2.24, 2.45) is 0 Å². The summed E-state index contributed by atoms with van der Waals surface area (Å²) in [4.78, 5) is 12.1. The first-order chi connectivity index (χ1) is 11.7. The van der Waals surface area contributed by atoms with Crippen molar-refractivity contribution in [2.75, 3.05) is 12.4 Å². The molecule has 1 aliphatic rings. The van der Waals surface area contributed by atoms with Crippen LogP contribution in [0, 0.1) is 0 Å². The van der Waals surface area contributed by atoms with Gasteiger partial charge in [-0.05, 0) is 35.9 Å². The van der Waals surface area contributed by atoms with E-state index in [0.717, 1.165) is 12.1 Å². The molecular formula is C17H11ClF3NO3. The van der Waals surface area contributed by atoms with Gasteiger partial charge in [-0.15, -0.1) is 0 Å². The van der Waals surface area contributed by atoms with Crippen LogP contribution in [-0.2, 0) is 11.0 Å². The van der Waals surface area contributed by atoms with Crippen LogP contribution in [0.1, 0.15) is 16.7 Å². The number of benzene rings is 2. The maximum Gasteiger partial charge on any atom is 0.416 e. The first-order valence-corrected chi connectivity index (χ1v) is 7.39. The van der Waals surface area contributed by atoms with Crippen molar-refractivity contribution in [1.29, 1.82) is 0 Å². The van der Waals surface area contributed by atoms with Crippen LogP contribution in [0.2, 0.25) is 5.02 Å². The van der Waals surface area contributed by atoms with Crippen LogP contribution in [0.3, 0.4) is 0 Å². The summed E-state index contributed by atoms with van der Waals surface area (Å²) in [6, 6.07) is 5.92. The third-order valence-electron chi connectivity index (χ3n) is 3.71. The van der Waals surface area contributed by atoms with Gasteiger partial charge in [-0.2, -0.15) is 13.2 Å². The minimum absolute atomic E-state index is 0.0252. The Morgan fingerprint density at radius 2 is 1.96 bits per heavy atom. The number of fused-ring (bicyclic) bond motifs is 1. The predicted molar refractivity (Wildman–Crippen MR) is 87.6 cm³/mol. The molecular weight excluding hydrogens is 359 g/mol. The van der Waals surface area contributed by atoms with E-state index in [9.17, 15) is 23.1 Å². The second kappa shape index (κ2) is 6.00. The summed E-state index contributed by atoms with van der Waals surface area (Å²) in [7, 11) is 1.35. The monoisotopic (exact) mass is 369 g/mol. The fraction of sp³-hybridized carbons (Fsp3) is 0.118. The van der Waals surface area contributed by atoms with Gasteiger partial charge in [0.2, 0.25) is 0 Å². The zero-order valence-electron chi connectivity index (χ0n) is 12.7. The Labute approximate surface area is 145 Å². The molecule has 0 aromatic heterocycles. The normalized spacial score (nSPS) is 15.2. The summed E-state index contributed by atoms with van der Waals surface area (Å²) in [6.45, 7) is 0.